The molecule has 4 rings (SSSR count). The molecule has 0 radical (unpaired) electrons. The maximum absolute atomic E-state index is 13.3. The second kappa shape index (κ2) is 8.01. The van der Waals surface area contributed by atoms with Crippen LogP contribution in [0.3, 0.4) is 0 Å². The van der Waals surface area contributed by atoms with E-state index in [2.05, 4.69) is 4.90 Å². The number of amides is 1. The van der Waals surface area contributed by atoms with Gasteiger partial charge >= 0.3 is 6.03 Å². The first-order valence-corrected chi connectivity index (χ1v) is 9.11. The summed E-state index contributed by atoms with van der Waals surface area (Å²) >= 11 is 0. The molecule has 136 valence electrons. The Morgan fingerprint density at radius 1 is 0.815 bits per heavy atom. The molecular weight excluding hydrogens is 338 g/mol. The van der Waals surface area contributed by atoms with E-state index in [4.69, 9.17) is 4.74 Å². The maximum Gasteiger partial charge on any atom is 0.508 e. The molecule has 0 N–H and O–H groups in total. The molecular formula is C22H22N3O2+. The van der Waals surface area contributed by atoms with Gasteiger partial charge in [0, 0.05) is 30.9 Å². The van der Waals surface area contributed by atoms with Crippen molar-refractivity contribution in [1.82, 2.24) is 0 Å². The highest BCUT2D eigenvalue weighted by Crippen LogP contribution is 2.25. The summed E-state index contributed by atoms with van der Waals surface area (Å²) in [5, 5.41) is 0. The highest BCUT2D eigenvalue weighted by Gasteiger charge is 2.29. The SMILES string of the molecule is O=C(N(c1ccccc1)c1ccccc1)[n+]1ccc(N2CCOCC2)cc1. The van der Waals surface area contributed by atoms with Crippen LogP contribution in [0.4, 0.5) is 21.9 Å². The topological polar surface area (TPSA) is 36.7 Å². The van der Waals surface area contributed by atoms with Crippen molar-refractivity contribution in [1.29, 1.82) is 0 Å². The lowest BCUT2D eigenvalue weighted by atomic mass is 10.2. The lowest BCUT2D eigenvalue weighted by Gasteiger charge is -2.28. The zero-order chi connectivity index (χ0) is 18.5. The summed E-state index contributed by atoms with van der Waals surface area (Å²) in [4.78, 5) is 17.3. The van der Waals surface area contributed by atoms with Gasteiger partial charge in [-0.25, -0.2) is 0 Å². The molecule has 0 spiro atoms. The van der Waals surface area contributed by atoms with Crippen LogP contribution in [0.15, 0.2) is 85.2 Å². The second-order valence-corrected chi connectivity index (χ2v) is 6.35. The summed E-state index contributed by atoms with van der Waals surface area (Å²) in [5.41, 5.74) is 2.77. The zero-order valence-electron chi connectivity index (χ0n) is 15.1. The predicted octanol–water partition coefficient (Wildman–Crippen LogP) is 3.62. The lowest BCUT2D eigenvalue weighted by molar-refractivity contribution is -0.569. The molecule has 1 aliphatic rings. The molecule has 5 heteroatoms. The van der Waals surface area contributed by atoms with Crippen LogP contribution in [-0.2, 0) is 4.74 Å². The fraction of sp³-hybridized carbons (Fsp3) is 0.182. The van der Waals surface area contributed by atoms with Gasteiger partial charge in [-0.05, 0) is 24.3 Å². The normalized spacial score (nSPS) is 14.0. The summed E-state index contributed by atoms with van der Waals surface area (Å²) in [6.45, 7) is 3.23. The third-order valence-corrected chi connectivity index (χ3v) is 4.63. The second-order valence-electron chi connectivity index (χ2n) is 6.35. The monoisotopic (exact) mass is 360 g/mol. The van der Waals surface area contributed by atoms with Crippen LogP contribution in [0.1, 0.15) is 0 Å². The molecule has 2 heterocycles. The van der Waals surface area contributed by atoms with Crippen molar-refractivity contribution in [2.24, 2.45) is 0 Å². The van der Waals surface area contributed by atoms with Crippen LogP contribution >= 0.6 is 0 Å². The van der Waals surface area contributed by atoms with E-state index < -0.39 is 0 Å². The lowest BCUT2D eigenvalue weighted by Crippen LogP contribution is -2.50. The minimum Gasteiger partial charge on any atom is -0.378 e. The molecule has 0 bridgehead atoms. The Kier molecular flexibility index (Phi) is 5.12. The van der Waals surface area contributed by atoms with Gasteiger partial charge < -0.3 is 9.64 Å². The van der Waals surface area contributed by atoms with E-state index in [0.29, 0.717) is 0 Å². The molecule has 27 heavy (non-hydrogen) atoms. The number of pyridine rings is 1. The van der Waals surface area contributed by atoms with Gasteiger partial charge in [-0.3, -0.25) is 0 Å². The van der Waals surface area contributed by atoms with Crippen LogP contribution in [0.5, 0.6) is 0 Å². The minimum atomic E-state index is -0.124. The Hall–Kier alpha value is -3.18. The molecule has 1 aromatic heterocycles. The molecule has 5 nitrogen and oxygen atoms in total. The highest BCUT2D eigenvalue weighted by atomic mass is 16.5. The van der Waals surface area contributed by atoms with Gasteiger partial charge in [0.1, 0.15) is 23.8 Å². The number of benzene rings is 2. The van der Waals surface area contributed by atoms with Gasteiger partial charge in [-0.2, -0.15) is 14.3 Å². The molecule has 3 aromatic rings. The first-order valence-electron chi connectivity index (χ1n) is 9.11. The van der Waals surface area contributed by atoms with Gasteiger partial charge in [0.05, 0.1) is 13.2 Å². The fourth-order valence-electron chi connectivity index (χ4n) is 3.22. The summed E-state index contributed by atoms with van der Waals surface area (Å²) in [6, 6.07) is 23.2. The van der Waals surface area contributed by atoms with Crippen LogP contribution in [-0.4, -0.2) is 32.3 Å². The number of anilines is 3. The smallest absolute Gasteiger partial charge is 0.378 e. The van der Waals surface area contributed by atoms with Crippen molar-refractivity contribution in [2.75, 3.05) is 36.1 Å². The number of morpholine rings is 1. The van der Waals surface area contributed by atoms with E-state index in [1.807, 2.05) is 85.2 Å². The van der Waals surface area contributed by atoms with Crippen molar-refractivity contribution < 1.29 is 14.1 Å². The minimum absolute atomic E-state index is 0.124. The maximum atomic E-state index is 13.3. The molecule has 1 fully saturated rings. The fourth-order valence-corrected chi connectivity index (χ4v) is 3.22. The van der Waals surface area contributed by atoms with Gasteiger partial charge in [-0.1, -0.05) is 36.4 Å². The number of ether oxygens (including phenoxy) is 1. The van der Waals surface area contributed by atoms with E-state index in [-0.39, 0.29) is 6.03 Å². The van der Waals surface area contributed by atoms with Crippen molar-refractivity contribution in [3.05, 3.63) is 85.2 Å². The van der Waals surface area contributed by atoms with Crippen LogP contribution in [0, 0.1) is 0 Å². The van der Waals surface area contributed by atoms with E-state index >= 15 is 0 Å². The molecule has 1 amide bonds. The molecule has 0 saturated carbocycles. The Labute approximate surface area is 159 Å². The number of carbonyl (C=O) groups excluding carboxylic acids is 1. The van der Waals surface area contributed by atoms with Crippen LogP contribution < -0.4 is 14.4 Å². The summed E-state index contributed by atoms with van der Waals surface area (Å²) in [7, 11) is 0. The van der Waals surface area contributed by atoms with E-state index in [9.17, 15) is 4.79 Å². The largest absolute Gasteiger partial charge is 0.508 e. The number of para-hydroxylation sites is 2. The Morgan fingerprint density at radius 2 is 1.33 bits per heavy atom. The predicted molar refractivity (Wildman–Crippen MR) is 105 cm³/mol. The molecule has 0 unspecified atom stereocenters. The van der Waals surface area contributed by atoms with Crippen molar-refractivity contribution in [3.63, 3.8) is 0 Å². The Balaban J connectivity index is 1.63. The average molecular weight is 360 g/mol. The third-order valence-electron chi connectivity index (χ3n) is 4.63. The van der Waals surface area contributed by atoms with E-state index in [1.54, 1.807) is 9.47 Å². The summed E-state index contributed by atoms with van der Waals surface area (Å²) < 4.78 is 7.02. The van der Waals surface area contributed by atoms with Gasteiger partial charge in [0.15, 0.2) is 0 Å². The van der Waals surface area contributed by atoms with Gasteiger partial charge in [0.25, 0.3) is 0 Å². The standard InChI is InChI=1S/C22H22N3O2/c26-22(24-13-11-19(12-14-24)23-15-17-27-18-16-23)25(20-7-3-1-4-8-20)21-9-5-2-6-10-21/h1-14H,15-18H2/q+1. The first kappa shape index (κ1) is 17.2. The molecule has 2 aromatic carbocycles. The number of rotatable bonds is 3. The number of aromatic nitrogens is 1. The molecule has 1 saturated heterocycles. The van der Waals surface area contributed by atoms with Crippen LogP contribution in [0.25, 0.3) is 0 Å². The van der Waals surface area contributed by atoms with Crippen LogP contribution in [0.2, 0.25) is 0 Å². The zero-order valence-corrected chi connectivity index (χ0v) is 15.1. The number of nitrogens with zero attached hydrogens (tertiary/aromatic N) is 3. The number of hydrogen-bond donors (Lipinski definition) is 0. The molecule has 0 atom stereocenters. The van der Waals surface area contributed by atoms with Crippen molar-refractivity contribution >= 4 is 23.1 Å². The molecule has 1 aliphatic heterocycles. The van der Waals surface area contributed by atoms with Crippen molar-refractivity contribution in [3.8, 4) is 0 Å². The van der Waals surface area contributed by atoms with Crippen molar-refractivity contribution in [2.45, 2.75) is 0 Å². The quantitative estimate of drug-likeness (QED) is 0.670. The highest BCUT2D eigenvalue weighted by molar-refractivity contribution is 5.94. The molecule has 0 aliphatic carbocycles. The number of carbonyl (C=O) groups is 1. The number of hydrogen-bond acceptors (Lipinski definition) is 3. The average Bonchev–Trinajstić information content (AvgIpc) is 2.76. The Morgan fingerprint density at radius 3 is 1.85 bits per heavy atom. The van der Waals surface area contributed by atoms with Gasteiger partial charge in [-0.15, -0.1) is 0 Å². The summed E-state index contributed by atoms with van der Waals surface area (Å²) in [6.07, 6.45) is 3.65. The summed E-state index contributed by atoms with van der Waals surface area (Å²) in [5.74, 6) is 0. The first-order chi connectivity index (χ1) is 13.3. The Bertz CT molecular complexity index is 837. The van der Waals surface area contributed by atoms with Gasteiger partial charge in [0.2, 0.25) is 0 Å². The van der Waals surface area contributed by atoms with E-state index in [0.717, 1.165) is 43.4 Å². The van der Waals surface area contributed by atoms with E-state index in [1.165, 1.54) is 0 Å². The third kappa shape index (κ3) is 3.83.